The quantitative estimate of drug-likeness (QED) is 0.770. The maximum Gasteiger partial charge on any atom is 0.321 e. The number of aliphatic carboxylic acids is 1. The van der Waals surface area contributed by atoms with Gasteiger partial charge in [-0.05, 0) is 0 Å². The zero-order valence-electron chi connectivity index (χ0n) is 6.64. The Kier molecular flexibility index (Phi) is 2.52. The summed E-state index contributed by atoms with van der Waals surface area (Å²) >= 11 is 3.16. The van der Waals surface area contributed by atoms with Crippen LogP contribution >= 0.6 is 23.1 Å². The summed E-state index contributed by atoms with van der Waals surface area (Å²) < 4.78 is 0. The van der Waals surface area contributed by atoms with Gasteiger partial charge in [-0.1, -0.05) is 0 Å². The minimum atomic E-state index is -0.778. The van der Waals surface area contributed by atoms with Crippen LogP contribution < -0.4 is 5.32 Å². The van der Waals surface area contributed by atoms with Crippen molar-refractivity contribution in [3.8, 4) is 0 Å². The number of thiazole rings is 1. The number of hydrogen-bond donors (Lipinski definition) is 2. The molecule has 0 bridgehead atoms. The summed E-state index contributed by atoms with van der Waals surface area (Å²) in [5, 5.41) is 11.9. The van der Waals surface area contributed by atoms with E-state index < -0.39 is 12.0 Å². The van der Waals surface area contributed by atoms with Crippen molar-refractivity contribution in [1.29, 1.82) is 0 Å². The number of carbonyl (C=O) groups is 1. The topological polar surface area (TPSA) is 62.2 Å². The van der Waals surface area contributed by atoms with Crippen LogP contribution in [0.5, 0.6) is 0 Å². The smallest absolute Gasteiger partial charge is 0.321 e. The number of aromatic nitrogens is 1. The van der Waals surface area contributed by atoms with Crippen LogP contribution in [-0.4, -0.2) is 27.9 Å². The molecular weight excluding hydrogens is 208 g/mol. The Labute approximate surface area is 83.4 Å². The molecule has 0 amide bonds. The lowest BCUT2D eigenvalue weighted by molar-refractivity contribution is -0.138. The zero-order chi connectivity index (χ0) is 9.26. The number of nitrogens with one attached hydrogen (secondary N) is 1. The molecule has 0 saturated carbocycles. The molecule has 1 saturated heterocycles. The summed E-state index contributed by atoms with van der Waals surface area (Å²) in [6, 6.07) is -0.419. The molecule has 0 aliphatic carbocycles. The summed E-state index contributed by atoms with van der Waals surface area (Å²) in [6.07, 6.45) is 1.78. The van der Waals surface area contributed by atoms with Gasteiger partial charge in [0.15, 0.2) is 0 Å². The molecule has 4 nitrogen and oxygen atoms in total. The van der Waals surface area contributed by atoms with Crippen LogP contribution in [0.4, 0.5) is 0 Å². The third kappa shape index (κ3) is 1.84. The summed E-state index contributed by atoms with van der Waals surface area (Å²) in [7, 11) is 0. The normalized spacial score (nSPS) is 27.7. The van der Waals surface area contributed by atoms with E-state index in [-0.39, 0.29) is 5.37 Å². The lowest BCUT2D eigenvalue weighted by Crippen LogP contribution is -2.33. The average Bonchev–Trinajstić information content (AvgIpc) is 2.75. The van der Waals surface area contributed by atoms with Gasteiger partial charge in [0.05, 0.1) is 15.8 Å². The van der Waals surface area contributed by atoms with Crippen LogP contribution in [0, 0.1) is 0 Å². The van der Waals surface area contributed by atoms with E-state index in [1.165, 1.54) is 0 Å². The van der Waals surface area contributed by atoms with Crippen molar-refractivity contribution in [2.24, 2.45) is 0 Å². The largest absolute Gasteiger partial charge is 0.480 e. The van der Waals surface area contributed by atoms with Crippen molar-refractivity contribution >= 4 is 29.1 Å². The molecule has 1 aliphatic rings. The van der Waals surface area contributed by atoms with E-state index in [4.69, 9.17) is 5.11 Å². The van der Waals surface area contributed by atoms with Crippen LogP contribution in [0.3, 0.4) is 0 Å². The Balaban J connectivity index is 2.03. The molecule has 1 fully saturated rings. The van der Waals surface area contributed by atoms with Gasteiger partial charge in [-0.3, -0.25) is 15.1 Å². The monoisotopic (exact) mass is 216 g/mol. The molecule has 2 rings (SSSR count). The van der Waals surface area contributed by atoms with E-state index in [0.717, 1.165) is 4.88 Å². The summed E-state index contributed by atoms with van der Waals surface area (Å²) in [6.45, 7) is 0. The predicted molar refractivity (Wildman–Crippen MR) is 51.9 cm³/mol. The van der Waals surface area contributed by atoms with Crippen LogP contribution in [0.1, 0.15) is 10.3 Å². The number of nitrogens with zero attached hydrogens (tertiary/aromatic N) is 1. The van der Waals surface area contributed by atoms with E-state index in [2.05, 4.69) is 10.3 Å². The Morgan fingerprint density at radius 1 is 1.77 bits per heavy atom. The third-order valence-electron chi connectivity index (χ3n) is 1.79. The van der Waals surface area contributed by atoms with Crippen molar-refractivity contribution in [2.45, 2.75) is 11.4 Å². The summed E-state index contributed by atoms with van der Waals surface area (Å²) in [4.78, 5) is 15.7. The summed E-state index contributed by atoms with van der Waals surface area (Å²) in [5.74, 6) is -0.155. The Bertz CT molecular complexity index is 301. The number of rotatable bonds is 2. The van der Waals surface area contributed by atoms with Crippen molar-refractivity contribution in [3.63, 3.8) is 0 Å². The zero-order valence-corrected chi connectivity index (χ0v) is 8.27. The Morgan fingerprint density at radius 3 is 3.15 bits per heavy atom. The molecule has 0 aromatic carbocycles. The molecule has 13 heavy (non-hydrogen) atoms. The molecular formula is C7H8N2O2S2. The minimum absolute atomic E-state index is 0.105. The second kappa shape index (κ2) is 3.65. The van der Waals surface area contributed by atoms with Crippen LogP contribution in [0.15, 0.2) is 11.7 Å². The third-order valence-corrected chi connectivity index (χ3v) is 4.03. The van der Waals surface area contributed by atoms with E-state index in [1.807, 2.05) is 0 Å². The Morgan fingerprint density at radius 2 is 2.62 bits per heavy atom. The molecule has 1 aliphatic heterocycles. The molecule has 1 unspecified atom stereocenters. The van der Waals surface area contributed by atoms with Crippen LogP contribution in [0.25, 0.3) is 0 Å². The fraction of sp³-hybridized carbons (Fsp3) is 0.429. The van der Waals surface area contributed by atoms with E-state index in [0.29, 0.717) is 5.75 Å². The molecule has 0 radical (unpaired) electrons. The molecule has 1 aromatic heterocycles. The maximum absolute atomic E-state index is 10.6. The highest BCUT2D eigenvalue weighted by molar-refractivity contribution is 7.99. The van der Waals surface area contributed by atoms with Crippen molar-refractivity contribution < 1.29 is 9.90 Å². The average molecular weight is 216 g/mol. The van der Waals surface area contributed by atoms with Gasteiger partial charge in [-0.15, -0.1) is 23.1 Å². The van der Waals surface area contributed by atoms with Gasteiger partial charge in [-0.2, -0.15) is 0 Å². The van der Waals surface area contributed by atoms with Crippen molar-refractivity contribution in [3.05, 3.63) is 16.6 Å². The first kappa shape index (κ1) is 8.98. The van der Waals surface area contributed by atoms with Gasteiger partial charge in [0.25, 0.3) is 0 Å². The fourth-order valence-electron chi connectivity index (χ4n) is 1.13. The molecule has 2 atom stereocenters. The first-order chi connectivity index (χ1) is 6.27. The first-order valence-corrected chi connectivity index (χ1v) is 5.69. The second-order valence-corrected chi connectivity index (χ2v) is 4.73. The number of hydrogen-bond acceptors (Lipinski definition) is 5. The number of thioether (sulfide) groups is 1. The van der Waals surface area contributed by atoms with Crippen LogP contribution in [0.2, 0.25) is 0 Å². The molecule has 2 heterocycles. The van der Waals surface area contributed by atoms with Crippen molar-refractivity contribution in [2.75, 3.05) is 5.75 Å². The fourth-order valence-corrected chi connectivity index (χ4v) is 3.17. The Hall–Kier alpha value is -0.590. The second-order valence-electron chi connectivity index (χ2n) is 2.67. The molecule has 0 spiro atoms. The van der Waals surface area contributed by atoms with E-state index >= 15 is 0 Å². The molecule has 6 heteroatoms. The van der Waals surface area contributed by atoms with E-state index in [1.54, 1.807) is 34.8 Å². The van der Waals surface area contributed by atoms with Gasteiger partial charge < -0.3 is 5.11 Å². The lowest BCUT2D eigenvalue weighted by Gasteiger charge is -2.06. The van der Waals surface area contributed by atoms with Gasteiger partial charge in [0.1, 0.15) is 6.04 Å². The number of carboxylic acids is 1. The molecule has 2 N–H and O–H groups in total. The highest BCUT2D eigenvalue weighted by Gasteiger charge is 2.30. The highest BCUT2D eigenvalue weighted by atomic mass is 32.2. The predicted octanol–water partition coefficient (Wildman–Crippen LogP) is 0.931. The maximum atomic E-state index is 10.6. The van der Waals surface area contributed by atoms with Gasteiger partial charge in [0.2, 0.25) is 0 Å². The SMILES string of the molecule is O=C(O)[C@H]1CSC(c2cncs2)N1. The lowest BCUT2D eigenvalue weighted by atomic mass is 10.3. The number of carboxylic acid groups (broad SMARTS) is 1. The first-order valence-electron chi connectivity index (χ1n) is 3.76. The highest BCUT2D eigenvalue weighted by Crippen LogP contribution is 2.34. The molecule has 1 aromatic rings. The van der Waals surface area contributed by atoms with Gasteiger partial charge >= 0.3 is 5.97 Å². The minimum Gasteiger partial charge on any atom is -0.480 e. The summed E-state index contributed by atoms with van der Waals surface area (Å²) in [5.41, 5.74) is 1.76. The molecule has 70 valence electrons. The van der Waals surface area contributed by atoms with Gasteiger partial charge in [0, 0.05) is 11.9 Å². The van der Waals surface area contributed by atoms with Crippen LogP contribution in [-0.2, 0) is 4.79 Å². The van der Waals surface area contributed by atoms with E-state index in [9.17, 15) is 4.79 Å². The standard InChI is InChI=1S/C7H8N2O2S2/c10-7(11)4-2-12-6(9-4)5-1-8-3-13-5/h1,3-4,6,9H,2H2,(H,10,11)/t4-,6?/m1/s1. The van der Waals surface area contributed by atoms with Gasteiger partial charge in [-0.25, -0.2) is 0 Å². The van der Waals surface area contributed by atoms with Crippen molar-refractivity contribution in [1.82, 2.24) is 10.3 Å².